The van der Waals surface area contributed by atoms with Crippen LogP contribution in [0.3, 0.4) is 0 Å². The van der Waals surface area contributed by atoms with Crippen LogP contribution in [0.5, 0.6) is 5.75 Å². The highest BCUT2D eigenvalue weighted by atomic mass is 32.2. The van der Waals surface area contributed by atoms with Crippen molar-refractivity contribution in [2.24, 2.45) is 0 Å². The van der Waals surface area contributed by atoms with E-state index in [1.807, 2.05) is 18.2 Å². The average Bonchev–Trinajstić information content (AvgIpc) is 3.09. The van der Waals surface area contributed by atoms with Crippen LogP contribution in [0, 0.1) is 0 Å². The van der Waals surface area contributed by atoms with Crippen molar-refractivity contribution in [3.05, 3.63) is 152 Å². The fourth-order valence-corrected chi connectivity index (χ4v) is 7.02. The third-order valence-corrected chi connectivity index (χ3v) is 9.74. The minimum absolute atomic E-state index is 0.399. The van der Waals surface area contributed by atoms with Crippen LogP contribution in [0.2, 0.25) is 0 Å². The fourth-order valence-electron chi connectivity index (χ4n) is 6.57. The average molecular weight is 655 g/mol. The summed E-state index contributed by atoms with van der Waals surface area (Å²) in [5.74, 6) is -0.399. The standard InChI is InChI=1S/C41H25F3O3S/c42-41(43,44)48(45,46)47-34-21-20-31-23-28(16-17-32(31)25-34)27-14-15-30-24-33(19-18-29(30)22-27)40-37-12-6-4-10-35(37)39(26-8-2-1-3-9-26)36-11-5-7-13-38(36)40/h1-25H. The molecule has 0 unspecified atom stereocenters. The third-order valence-electron chi connectivity index (χ3n) is 8.76. The molecule has 0 aromatic heterocycles. The second-order valence-corrected chi connectivity index (χ2v) is 13.2. The summed E-state index contributed by atoms with van der Waals surface area (Å²) < 4.78 is 65.5. The van der Waals surface area contributed by atoms with Gasteiger partial charge in [-0.15, -0.1) is 0 Å². The molecule has 0 aliphatic heterocycles. The van der Waals surface area contributed by atoms with Crippen molar-refractivity contribution in [2.75, 3.05) is 0 Å². The lowest BCUT2D eigenvalue weighted by Gasteiger charge is -2.18. The van der Waals surface area contributed by atoms with Gasteiger partial charge in [-0.2, -0.15) is 21.6 Å². The Hall–Kier alpha value is -5.66. The lowest BCUT2D eigenvalue weighted by Crippen LogP contribution is -2.28. The molecule has 0 aliphatic carbocycles. The molecular formula is C41H25F3O3S. The van der Waals surface area contributed by atoms with Gasteiger partial charge < -0.3 is 4.18 Å². The molecule has 0 atom stereocenters. The van der Waals surface area contributed by atoms with Gasteiger partial charge in [-0.3, -0.25) is 0 Å². The van der Waals surface area contributed by atoms with Crippen LogP contribution in [0.25, 0.3) is 76.5 Å². The Bertz CT molecular complexity index is 2590. The first-order valence-electron chi connectivity index (χ1n) is 15.2. The summed E-state index contributed by atoms with van der Waals surface area (Å²) in [5, 5.41) is 8.21. The lowest BCUT2D eigenvalue weighted by molar-refractivity contribution is -0.0500. The van der Waals surface area contributed by atoms with E-state index in [0.717, 1.165) is 32.8 Å². The summed E-state index contributed by atoms with van der Waals surface area (Å²) in [6, 6.07) is 50.0. The minimum atomic E-state index is -5.75. The maximum absolute atomic E-state index is 12.8. The van der Waals surface area contributed by atoms with Gasteiger partial charge >= 0.3 is 15.6 Å². The van der Waals surface area contributed by atoms with E-state index < -0.39 is 21.4 Å². The molecule has 0 N–H and O–H groups in total. The zero-order chi connectivity index (χ0) is 33.0. The summed E-state index contributed by atoms with van der Waals surface area (Å²) >= 11 is 0. The normalized spacial score (nSPS) is 12.2. The molecule has 0 radical (unpaired) electrons. The number of benzene rings is 8. The number of rotatable bonds is 5. The summed E-state index contributed by atoms with van der Waals surface area (Å²) in [5.41, 5.74) is 1.10. The van der Waals surface area contributed by atoms with E-state index in [2.05, 4.69) is 113 Å². The van der Waals surface area contributed by atoms with Crippen LogP contribution in [0.4, 0.5) is 13.2 Å². The van der Waals surface area contributed by atoms with Gasteiger partial charge in [0.1, 0.15) is 5.75 Å². The van der Waals surface area contributed by atoms with Crippen molar-refractivity contribution >= 4 is 53.2 Å². The van der Waals surface area contributed by atoms with Crippen molar-refractivity contribution in [1.82, 2.24) is 0 Å². The van der Waals surface area contributed by atoms with E-state index >= 15 is 0 Å². The molecule has 0 aliphatic rings. The maximum Gasteiger partial charge on any atom is 0.534 e. The molecule has 0 spiro atoms. The fraction of sp³-hybridized carbons (Fsp3) is 0.0244. The topological polar surface area (TPSA) is 43.4 Å². The van der Waals surface area contributed by atoms with Crippen LogP contribution >= 0.6 is 0 Å². The van der Waals surface area contributed by atoms with E-state index in [1.54, 1.807) is 12.1 Å². The van der Waals surface area contributed by atoms with Crippen LogP contribution in [0.15, 0.2) is 152 Å². The van der Waals surface area contributed by atoms with E-state index in [9.17, 15) is 21.6 Å². The highest BCUT2D eigenvalue weighted by Crippen LogP contribution is 2.44. The molecule has 0 bridgehead atoms. The monoisotopic (exact) mass is 654 g/mol. The van der Waals surface area contributed by atoms with E-state index in [1.165, 1.54) is 50.4 Å². The Balaban J connectivity index is 1.19. The Labute approximate surface area is 274 Å². The smallest absolute Gasteiger partial charge is 0.376 e. The van der Waals surface area contributed by atoms with Gasteiger partial charge in [0.25, 0.3) is 0 Å². The molecule has 0 saturated carbocycles. The van der Waals surface area contributed by atoms with Crippen molar-refractivity contribution in [2.45, 2.75) is 5.51 Å². The predicted molar refractivity (Wildman–Crippen MR) is 188 cm³/mol. The Morgan fingerprint density at radius 2 is 0.812 bits per heavy atom. The van der Waals surface area contributed by atoms with Crippen molar-refractivity contribution in [3.63, 3.8) is 0 Å². The molecule has 48 heavy (non-hydrogen) atoms. The Morgan fingerprint density at radius 1 is 0.417 bits per heavy atom. The third kappa shape index (κ3) is 5.13. The number of hydrogen-bond donors (Lipinski definition) is 0. The van der Waals surface area contributed by atoms with Crippen molar-refractivity contribution < 1.29 is 25.8 Å². The molecule has 0 amide bonds. The second-order valence-electron chi connectivity index (χ2n) is 11.7. The highest BCUT2D eigenvalue weighted by molar-refractivity contribution is 7.88. The number of hydrogen-bond acceptors (Lipinski definition) is 3. The molecule has 8 rings (SSSR count). The second kappa shape index (κ2) is 11.2. The van der Waals surface area contributed by atoms with Crippen molar-refractivity contribution in [3.8, 4) is 39.1 Å². The minimum Gasteiger partial charge on any atom is -0.376 e. The Kier molecular flexibility index (Phi) is 6.96. The molecule has 8 aromatic carbocycles. The van der Waals surface area contributed by atoms with Gasteiger partial charge in [0.05, 0.1) is 0 Å². The summed E-state index contributed by atoms with van der Waals surface area (Å²) in [7, 11) is -5.75. The summed E-state index contributed by atoms with van der Waals surface area (Å²) in [6.45, 7) is 0. The number of fused-ring (bicyclic) bond motifs is 4. The maximum atomic E-state index is 12.8. The first kappa shape index (κ1) is 29.7. The van der Waals surface area contributed by atoms with Crippen LogP contribution in [-0.2, 0) is 10.1 Å². The molecule has 0 fully saturated rings. The van der Waals surface area contributed by atoms with Crippen LogP contribution in [0.1, 0.15) is 0 Å². The van der Waals surface area contributed by atoms with Gasteiger partial charge in [-0.05, 0) is 107 Å². The molecule has 3 nitrogen and oxygen atoms in total. The van der Waals surface area contributed by atoms with Crippen LogP contribution in [-0.4, -0.2) is 13.9 Å². The first-order chi connectivity index (χ1) is 23.2. The van der Waals surface area contributed by atoms with Gasteiger partial charge in [0, 0.05) is 0 Å². The Morgan fingerprint density at radius 3 is 1.31 bits per heavy atom. The SMILES string of the molecule is O=S(=O)(Oc1ccc2cc(-c3ccc4cc(-c5c6ccccc6c(-c6ccccc6)c6ccccc56)ccc4c3)ccc2c1)C(F)(F)F. The van der Waals surface area contributed by atoms with Crippen LogP contribution < -0.4 is 4.18 Å². The highest BCUT2D eigenvalue weighted by Gasteiger charge is 2.48. The van der Waals surface area contributed by atoms with E-state index in [0.29, 0.717) is 5.39 Å². The lowest BCUT2D eigenvalue weighted by atomic mass is 9.85. The summed E-state index contributed by atoms with van der Waals surface area (Å²) in [6.07, 6.45) is 0. The largest absolute Gasteiger partial charge is 0.534 e. The molecule has 0 heterocycles. The molecule has 7 heteroatoms. The molecule has 234 valence electrons. The van der Waals surface area contributed by atoms with E-state index in [-0.39, 0.29) is 0 Å². The first-order valence-corrected chi connectivity index (χ1v) is 16.7. The van der Waals surface area contributed by atoms with Gasteiger partial charge in [0.15, 0.2) is 0 Å². The number of alkyl halides is 3. The van der Waals surface area contributed by atoms with Gasteiger partial charge in [-0.25, -0.2) is 0 Å². The predicted octanol–water partition coefficient (Wildman–Crippen LogP) is 11.5. The zero-order valence-electron chi connectivity index (χ0n) is 25.2. The zero-order valence-corrected chi connectivity index (χ0v) is 26.0. The quantitative estimate of drug-likeness (QED) is 0.105. The van der Waals surface area contributed by atoms with E-state index in [4.69, 9.17) is 0 Å². The van der Waals surface area contributed by atoms with Gasteiger partial charge in [-0.1, -0.05) is 121 Å². The number of halogens is 3. The molecular weight excluding hydrogens is 630 g/mol. The molecule has 8 aromatic rings. The van der Waals surface area contributed by atoms with Crippen molar-refractivity contribution in [1.29, 1.82) is 0 Å². The summed E-state index contributed by atoms with van der Waals surface area (Å²) in [4.78, 5) is 0. The molecule has 0 saturated heterocycles. The van der Waals surface area contributed by atoms with Gasteiger partial charge in [0.2, 0.25) is 0 Å².